The van der Waals surface area contributed by atoms with Crippen LogP contribution in [0.1, 0.15) is 35.6 Å². The Hall–Kier alpha value is -2.76. The van der Waals surface area contributed by atoms with E-state index in [2.05, 4.69) is 5.32 Å². The van der Waals surface area contributed by atoms with Gasteiger partial charge in [0.1, 0.15) is 12.3 Å². The van der Waals surface area contributed by atoms with Gasteiger partial charge in [-0.1, -0.05) is 12.1 Å². The van der Waals surface area contributed by atoms with E-state index in [0.29, 0.717) is 35.9 Å². The third kappa shape index (κ3) is 4.41. The lowest BCUT2D eigenvalue weighted by molar-refractivity contribution is -0.116. The molecular weight excluding hydrogens is 320 g/mol. The van der Waals surface area contributed by atoms with E-state index >= 15 is 0 Å². The Labute approximate surface area is 147 Å². The molecule has 6 heteroatoms. The lowest BCUT2D eigenvalue weighted by Gasteiger charge is -2.13. The number of aromatic nitrogens is 1. The molecule has 134 valence electrons. The number of ether oxygens (including phenoxy) is 2. The quantitative estimate of drug-likeness (QED) is 0.782. The van der Waals surface area contributed by atoms with Crippen molar-refractivity contribution in [1.82, 2.24) is 4.57 Å². The first-order valence-electron chi connectivity index (χ1n) is 8.33. The first-order chi connectivity index (χ1) is 12.0. The fourth-order valence-electron chi connectivity index (χ4n) is 2.64. The molecule has 2 aromatic rings. The lowest BCUT2D eigenvalue weighted by atomic mass is 10.2. The Bertz CT molecular complexity index is 765. The van der Waals surface area contributed by atoms with Gasteiger partial charge in [0.05, 0.1) is 24.5 Å². The van der Waals surface area contributed by atoms with Crippen LogP contribution in [0.5, 0.6) is 5.75 Å². The molecule has 0 aliphatic rings. The van der Waals surface area contributed by atoms with Gasteiger partial charge < -0.3 is 19.4 Å². The third-order valence-corrected chi connectivity index (χ3v) is 3.83. The number of amides is 1. The number of hydrogen-bond donors (Lipinski definition) is 1. The van der Waals surface area contributed by atoms with Crippen LogP contribution in [0.4, 0.5) is 5.69 Å². The smallest absolute Gasteiger partial charge is 0.339 e. The highest BCUT2D eigenvalue weighted by Gasteiger charge is 2.18. The predicted molar refractivity (Wildman–Crippen MR) is 96.1 cm³/mol. The molecule has 1 heterocycles. The van der Waals surface area contributed by atoms with Crippen molar-refractivity contribution in [2.45, 2.75) is 34.2 Å². The van der Waals surface area contributed by atoms with Crippen molar-refractivity contribution in [2.75, 3.05) is 18.5 Å². The van der Waals surface area contributed by atoms with E-state index in [9.17, 15) is 9.59 Å². The van der Waals surface area contributed by atoms with Gasteiger partial charge in [-0.2, -0.15) is 0 Å². The topological polar surface area (TPSA) is 69.6 Å². The number of nitrogens with one attached hydrogen (secondary N) is 1. The van der Waals surface area contributed by atoms with Crippen LogP contribution in [0.25, 0.3) is 0 Å². The van der Waals surface area contributed by atoms with Gasteiger partial charge in [0.25, 0.3) is 0 Å². The summed E-state index contributed by atoms with van der Waals surface area (Å²) in [6.07, 6.45) is 0. The summed E-state index contributed by atoms with van der Waals surface area (Å²) in [5.41, 5.74) is 2.65. The minimum atomic E-state index is -0.371. The van der Waals surface area contributed by atoms with Crippen molar-refractivity contribution in [3.8, 4) is 5.75 Å². The lowest BCUT2D eigenvalue weighted by Crippen LogP contribution is -2.21. The van der Waals surface area contributed by atoms with Crippen molar-refractivity contribution in [2.24, 2.45) is 0 Å². The number of esters is 1. The Morgan fingerprint density at radius 3 is 2.52 bits per heavy atom. The molecule has 1 aromatic carbocycles. The Morgan fingerprint density at radius 2 is 1.84 bits per heavy atom. The van der Waals surface area contributed by atoms with Crippen LogP contribution < -0.4 is 10.1 Å². The number of benzene rings is 1. The maximum Gasteiger partial charge on any atom is 0.339 e. The molecule has 0 fully saturated rings. The van der Waals surface area contributed by atoms with Crippen LogP contribution in [-0.2, 0) is 16.1 Å². The van der Waals surface area contributed by atoms with Crippen LogP contribution >= 0.6 is 0 Å². The van der Waals surface area contributed by atoms with E-state index in [1.807, 2.05) is 32.0 Å². The van der Waals surface area contributed by atoms with E-state index in [-0.39, 0.29) is 18.4 Å². The monoisotopic (exact) mass is 344 g/mol. The van der Waals surface area contributed by atoms with Gasteiger partial charge in [0.2, 0.25) is 5.91 Å². The molecule has 6 nitrogen and oxygen atoms in total. The maximum absolute atomic E-state index is 12.4. The number of anilines is 1. The fraction of sp³-hybridized carbons (Fsp3) is 0.368. The Morgan fingerprint density at radius 1 is 1.12 bits per heavy atom. The highest BCUT2D eigenvalue weighted by Crippen LogP contribution is 2.24. The summed E-state index contributed by atoms with van der Waals surface area (Å²) in [4.78, 5) is 24.4. The number of nitrogens with zero attached hydrogens (tertiary/aromatic N) is 1. The molecule has 0 spiro atoms. The molecule has 0 saturated heterocycles. The van der Waals surface area contributed by atoms with Gasteiger partial charge in [0, 0.05) is 11.4 Å². The molecule has 0 saturated carbocycles. The maximum atomic E-state index is 12.4. The first-order valence-corrected chi connectivity index (χ1v) is 8.33. The molecule has 0 unspecified atom stereocenters. The third-order valence-electron chi connectivity index (χ3n) is 3.83. The molecule has 1 N–H and O–H groups in total. The molecular formula is C19H24N2O4. The number of rotatable bonds is 7. The number of para-hydroxylation sites is 2. The molecule has 0 bridgehead atoms. The van der Waals surface area contributed by atoms with Gasteiger partial charge in [-0.3, -0.25) is 4.79 Å². The SMILES string of the molecule is CCOC(=O)c1cc(C)n(CC(=O)Nc2ccccc2OCC)c1C. The summed E-state index contributed by atoms with van der Waals surface area (Å²) in [6.45, 7) is 8.26. The number of aryl methyl sites for hydroxylation is 1. The second-order valence-electron chi connectivity index (χ2n) is 5.57. The van der Waals surface area contributed by atoms with E-state index in [0.717, 1.165) is 5.69 Å². The highest BCUT2D eigenvalue weighted by atomic mass is 16.5. The summed E-state index contributed by atoms with van der Waals surface area (Å²) in [7, 11) is 0. The first kappa shape index (κ1) is 18.6. The molecule has 0 atom stereocenters. The Kier molecular flexibility index (Phi) is 6.22. The van der Waals surface area contributed by atoms with Crippen LogP contribution in [0.2, 0.25) is 0 Å². The number of carbonyl (C=O) groups is 2. The average Bonchev–Trinajstić information content (AvgIpc) is 2.85. The molecule has 0 radical (unpaired) electrons. The molecule has 1 aromatic heterocycles. The average molecular weight is 344 g/mol. The van der Waals surface area contributed by atoms with Gasteiger partial charge in [0.15, 0.2) is 0 Å². The number of carbonyl (C=O) groups excluding carboxylic acids is 2. The number of hydrogen-bond acceptors (Lipinski definition) is 4. The van der Waals surface area contributed by atoms with Crippen LogP contribution in [0, 0.1) is 13.8 Å². The summed E-state index contributed by atoms with van der Waals surface area (Å²) < 4.78 is 12.4. The molecule has 2 rings (SSSR count). The molecule has 1 amide bonds. The van der Waals surface area contributed by atoms with E-state index < -0.39 is 0 Å². The van der Waals surface area contributed by atoms with Crippen molar-refractivity contribution in [1.29, 1.82) is 0 Å². The molecule has 0 aliphatic carbocycles. The van der Waals surface area contributed by atoms with Crippen LogP contribution in [-0.4, -0.2) is 29.7 Å². The van der Waals surface area contributed by atoms with Gasteiger partial charge in [-0.25, -0.2) is 4.79 Å². The molecule has 25 heavy (non-hydrogen) atoms. The summed E-state index contributed by atoms with van der Waals surface area (Å²) >= 11 is 0. The van der Waals surface area contributed by atoms with Gasteiger partial charge >= 0.3 is 5.97 Å². The van der Waals surface area contributed by atoms with Crippen LogP contribution in [0.3, 0.4) is 0 Å². The van der Waals surface area contributed by atoms with E-state index in [1.54, 1.807) is 30.5 Å². The van der Waals surface area contributed by atoms with Crippen molar-refractivity contribution >= 4 is 17.6 Å². The largest absolute Gasteiger partial charge is 0.492 e. The minimum Gasteiger partial charge on any atom is -0.492 e. The van der Waals surface area contributed by atoms with Crippen molar-refractivity contribution in [3.05, 3.63) is 47.3 Å². The second-order valence-corrected chi connectivity index (χ2v) is 5.57. The zero-order chi connectivity index (χ0) is 18.4. The summed E-state index contributed by atoms with van der Waals surface area (Å²) in [5, 5.41) is 2.86. The highest BCUT2D eigenvalue weighted by molar-refractivity contribution is 5.93. The molecule has 0 aliphatic heterocycles. The summed E-state index contributed by atoms with van der Waals surface area (Å²) in [6, 6.07) is 9.04. The van der Waals surface area contributed by atoms with Crippen molar-refractivity contribution in [3.63, 3.8) is 0 Å². The normalized spacial score (nSPS) is 10.4. The fourth-order valence-corrected chi connectivity index (χ4v) is 2.64. The van der Waals surface area contributed by atoms with Gasteiger partial charge in [-0.05, 0) is 45.9 Å². The Balaban J connectivity index is 2.15. The predicted octanol–water partition coefficient (Wildman–Crippen LogP) is 3.32. The van der Waals surface area contributed by atoms with Crippen molar-refractivity contribution < 1.29 is 19.1 Å². The zero-order valence-electron chi connectivity index (χ0n) is 15.1. The zero-order valence-corrected chi connectivity index (χ0v) is 15.1. The van der Waals surface area contributed by atoms with Crippen LogP contribution in [0.15, 0.2) is 30.3 Å². The second kappa shape index (κ2) is 8.37. The van der Waals surface area contributed by atoms with E-state index in [4.69, 9.17) is 9.47 Å². The standard InChI is InChI=1S/C19H24N2O4/c1-5-24-17-10-8-7-9-16(17)20-18(22)12-21-13(3)11-15(14(21)4)19(23)25-6-2/h7-11H,5-6,12H2,1-4H3,(H,20,22). The van der Waals surface area contributed by atoms with Gasteiger partial charge in [-0.15, -0.1) is 0 Å². The summed E-state index contributed by atoms with van der Waals surface area (Å²) in [5.74, 6) is 0.0693. The van der Waals surface area contributed by atoms with E-state index in [1.165, 1.54) is 0 Å². The minimum absolute atomic E-state index is 0.109.